The van der Waals surface area contributed by atoms with Crippen LogP contribution in [-0.4, -0.2) is 17.3 Å². The second-order valence-corrected chi connectivity index (χ2v) is 3.24. The van der Waals surface area contributed by atoms with Crippen LogP contribution in [0.15, 0.2) is 0 Å². The van der Waals surface area contributed by atoms with Crippen LogP contribution < -0.4 is 5.73 Å². The van der Waals surface area contributed by atoms with Crippen LogP contribution in [0.25, 0.3) is 0 Å². The first-order valence-corrected chi connectivity index (χ1v) is 4.61. The van der Waals surface area contributed by atoms with Crippen LogP contribution in [0.5, 0.6) is 0 Å². The van der Waals surface area contributed by atoms with Crippen LogP contribution in [0.4, 0.5) is 0 Å². The van der Waals surface area contributed by atoms with Gasteiger partial charge in [-0.3, -0.25) is 0 Å². The monoisotopic (exact) mass is 193 g/mol. The van der Waals surface area contributed by atoms with Gasteiger partial charge in [0.25, 0.3) is 0 Å². The van der Waals surface area contributed by atoms with Crippen LogP contribution in [0.1, 0.15) is 46.0 Å². The van der Waals surface area contributed by atoms with Gasteiger partial charge in [0.2, 0.25) is 0 Å². The summed E-state index contributed by atoms with van der Waals surface area (Å²) >= 11 is 0. The lowest BCUT2D eigenvalue weighted by molar-refractivity contribution is 0.0339. The Morgan fingerprint density at radius 3 is 2.17 bits per heavy atom. The maximum absolute atomic E-state index is 9.73. The van der Waals surface area contributed by atoms with Gasteiger partial charge in [-0.2, -0.15) is 9.90 Å². The lowest BCUT2D eigenvalue weighted by atomic mass is 9.94. The van der Waals surface area contributed by atoms with E-state index in [4.69, 9.17) is 5.73 Å². The van der Waals surface area contributed by atoms with Gasteiger partial charge in [0.1, 0.15) is 0 Å². The van der Waals surface area contributed by atoms with Crippen molar-refractivity contribution < 1.29 is 5.11 Å². The van der Waals surface area contributed by atoms with Crippen LogP contribution in [0.2, 0.25) is 0 Å². The molecule has 2 nitrogen and oxygen atoms in total. The minimum absolute atomic E-state index is 0. The van der Waals surface area contributed by atoms with Crippen molar-refractivity contribution in [2.24, 2.45) is 5.73 Å². The molecule has 2 unspecified atom stereocenters. The number of hydrogen-bond acceptors (Lipinski definition) is 2. The quantitative estimate of drug-likeness (QED) is 0.498. The molecule has 0 rings (SSSR count). The molecule has 0 aliphatic rings. The SMILES string of the molecule is CCCCCC(O)(CC)CN.P. The zero-order valence-electron chi connectivity index (χ0n) is 8.47. The fraction of sp³-hybridized carbons (Fsp3) is 1.00. The predicted octanol–water partition coefficient (Wildman–Crippen LogP) is 1.72. The molecule has 0 bridgehead atoms. The summed E-state index contributed by atoms with van der Waals surface area (Å²) in [5, 5.41) is 9.73. The molecule has 0 aliphatic carbocycles. The molecule has 2 atom stereocenters. The van der Waals surface area contributed by atoms with Crippen molar-refractivity contribution in [1.82, 2.24) is 0 Å². The first kappa shape index (κ1) is 14.9. The first-order valence-electron chi connectivity index (χ1n) is 4.61. The Labute approximate surface area is 79.5 Å². The number of hydrogen-bond donors (Lipinski definition) is 2. The zero-order valence-corrected chi connectivity index (χ0v) is 9.89. The summed E-state index contributed by atoms with van der Waals surface area (Å²) in [5.41, 5.74) is 4.86. The van der Waals surface area contributed by atoms with Gasteiger partial charge in [-0.15, -0.1) is 0 Å². The maximum atomic E-state index is 9.73. The van der Waals surface area contributed by atoms with E-state index in [1.807, 2.05) is 6.92 Å². The molecule has 76 valence electrons. The third-order valence-corrected chi connectivity index (χ3v) is 2.28. The van der Waals surface area contributed by atoms with Crippen molar-refractivity contribution in [2.75, 3.05) is 6.54 Å². The van der Waals surface area contributed by atoms with Gasteiger partial charge in [-0.25, -0.2) is 0 Å². The van der Waals surface area contributed by atoms with E-state index in [0.29, 0.717) is 6.54 Å². The van der Waals surface area contributed by atoms with E-state index in [1.165, 1.54) is 12.8 Å². The van der Waals surface area contributed by atoms with E-state index >= 15 is 0 Å². The summed E-state index contributed by atoms with van der Waals surface area (Å²) in [4.78, 5) is 0. The van der Waals surface area contributed by atoms with Gasteiger partial charge < -0.3 is 10.8 Å². The van der Waals surface area contributed by atoms with Gasteiger partial charge >= 0.3 is 0 Å². The molecule has 0 amide bonds. The van der Waals surface area contributed by atoms with Crippen LogP contribution in [-0.2, 0) is 0 Å². The molecule has 0 radical (unpaired) electrons. The Morgan fingerprint density at radius 1 is 1.25 bits per heavy atom. The predicted molar refractivity (Wildman–Crippen MR) is 59.5 cm³/mol. The lowest BCUT2D eigenvalue weighted by Crippen LogP contribution is -2.36. The smallest absolute Gasteiger partial charge is 0.0766 e. The summed E-state index contributed by atoms with van der Waals surface area (Å²) in [6.45, 7) is 4.54. The maximum Gasteiger partial charge on any atom is 0.0766 e. The van der Waals surface area contributed by atoms with E-state index < -0.39 is 5.60 Å². The van der Waals surface area contributed by atoms with E-state index in [2.05, 4.69) is 6.92 Å². The number of unbranched alkanes of at least 4 members (excludes halogenated alkanes) is 2. The minimum atomic E-state index is -0.588. The summed E-state index contributed by atoms with van der Waals surface area (Å²) in [5.74, 6) is 0. The molecule has 0 aromatic heterocycles. The Bertz CT molecular complexity index is 94.5. The molecule has 0 aliphatic heterocycles. The Balaban J connectivity index is 0. The highest BCUT2D eigenvalue weighted by atomic mass is 31.0. The van der Waals surface area contributed by atoms with E-state index in [9.17, 15) is 5.11 Å². The average molecular weight is 193 g/mol. The third-order valence-electron chi connectivity index (χ3n) is 2.28. The Morgan fingerprint density at radius 2 is 1.83 bits per heavy atom. The molecule has 0 saturated carbocycles. The van der Waals surface area contributed by atoms with Crippen LogP contribution in [0.3, 0.4) is 0 Å². The minimum Gasteiger partial charge on any atom is -0.389 e. The molecule has 0 heterocycles. The van der Waals surface area contributed by atoms with E-state index in [-0.39, 0.29) is 9.90 Å². The van der Waals surface area contributed by atoms with Crippen LogP contribution >= 0.6 is 9.90 Å². The van der Waals surface area contributed by atoms with Crippen molar-refractivity contribution in [3.8, 4) is 0 Å². The molecule has 0 aromatic carbocycles. The lowest BCUT2D eigenvalue weighted by Gasteiger charge is -2.24. The molecule has 0 fully saturated rings. The summed E-state index contributed by atoms with van der Waals surface area (Å²) in [7, 11) is 0. The molecule has 0 saturated heterocycles. The highest BCUT2D eigenvalue weighted by Gasteiger charge is 2.20. The second kappa shape index (κ2) is 7.97. The van der Waals surface area contributed by atoms with Gasteiger partial charge in [-0.1, -0.05) is 33.1 Å². The number of aliphatic hydroxyl groups is 1. The molecule has 0 spiro atoms. The molecule has 3 heteroatoms. The number of rotatable bonds is 6. The first-order chi connectivity index (χ1) is 5.18. The van der Waals surface area contributed by atoms with E-state index in [0.717, 1.165) is 19.3 Å². The van der Waals surface area contributed by atoms with Crippen molar-refractivity contribution in [1.29, 1.82) is 0 Å². The largest absolute Gasteiger partial charge is 0.389 e. The molecule has 0 aromatic rings. The van der Waals surface area contributed by atoms with Gasteiger partial charge in [-0.05, 0) is 12.8 Å². The van der Waals surface area contributed by atoms with Gasteiger partial charge in [0.15, 0.2) is 0 Å². The Hall–Kier alpha value is 0.350. The van der Waals surface area contributed by atoms with Crippen LogP contribution in [0, 0.1) is 0 Å². The topological polar surface area (TPSA) is 46.2 Å². The summed E-state index contributed by atoms with van der Waals surface area (Å²) in [6, 6.07) is 0. The van der Waals surface area contributed by atoms with Crippen molar-refractivity contribution >= 4 is 9.90 Å². The molecular formula is C9H24NOP. The van der Waals surface area contributed by atoms with E-state index in [1.54, 1.807) is 0 Å². The molecule has 12 heavy (non-hydrogen) atoms. The third kappa shape index (κ3) is 5.93. The summed E-state index contributed by atoms with van der Waals surface area (Å²) in [6.07, 6.45) is 5.12. The Kier molecular flexibility index (Phi) is 9.87. The fourth-order valence-electron chi connectivity index (χ4n) is 1.13. The van der Waals surface area contributed by atoms with Crippen molar-refractivity contribution in [3.63, 3.8) is 0 Å². The highest BCUT2D eigenvalue weighted by Crippen LogP contribution is 2.17. The van der Waals surface area contributed by atoms with Crippen molar-refractivity contribution in [3.05, 3.63) is 0 Å². The average Bonchev–Trinajstić information content (AvgIpc) is 2.05. The highest BCUT2D eigenvalue weighted by molar-refractivity contribution is 6.92. The standard InChI is InChI=1S/C9H21NO.H3P/c1-3-5-6-7-9(11,4-2)8-10;/h11H,3-8,10H2,1-2H3;1H3. The van der Waals surface area contributed by atoms with Gasteiger partial charge in [0.05, 0.1) is 5.60 Å². The molecular weight excluding hydrogens is 169 g/mol. The normalized spacial score (nSPS) is 15.0. The fourth-order valence-corrected chi connectivity index (χ4v) is 1.13. The summed E-state index contributed by atoms with van der Waals surface area (Å²) < 4.78 is 0. The van der Waals surface area contributed by atoms with Crippen molar-refractivity contribution in [2.45, 2.75) is 51.6 Å². The molecule has 3 N–H and O–H groups in total. The number of nitrogens with two attached hydrogens (primary N) is 1. The van der Waals surface area contributed by atoms with Gasteiger partial charge in [0, 0.05) is 6.54 Å². The second-order valence-electron chi connectivity index (χ2n) is 3.24. The zero-order chi connectivity index (χ0) is 8.74.